The molecule has 3 N–H and O–H groups in total. The molecule has 2 aromatic carbocycles. The fourth-order valence-electron chi connectivity index (χ4n) is 7.52. The van der Waals surface area contributed by atoms with Crippen molar-refractivity contribution in [2.75, 3.05) is 0 Å². The average molecular weight is 786 g/mol. The maximum atomic E-state index is 11.7. The highest BCUT2D eigenvalue weighted by Crippen LogP contribution is 2.44. The molecule has 0 aliphatic rings. The third kappa shape index (κ3) is 32.9. The number of nitrogens with two attached hydrogens (primary N) is 1. The molecule has 0 unspecified atom stereocenters. The number of unbranched alkanes of at least 4 members (excludes halogenated alkanes) is 27. The summed E-state index contributed by atoms with van der Waals surface area (Å²) in [5.74, 6) is 0.573. The van der Waals surface area contributed by atoms with E-state index in [0.717, 1.165) is 0 Å². The highest BCUT2D eigenvalue weighted by Gasteiger charge is 2.25. The van der Waals surface area contributed by atoms with Crippen LogP contribution in [0.25, 0.3) is 0 Å². The minimum atomic E-state index is -4.14. The zero-order valence-electron chi connectivity index (χ0n) is 36.3. The monoisotopic (exact) mass is 786 g/mol. The van der Waals surface area contributed by atoms with Gasteiger partial charge in [0.25, 0.3) is 0 Å². The van der Waals surface area contributed by atoms with E-state index in [-0.39, 0.29) is 17.0 Å². The Hall–Kier alpha value is -1.81. The Morgan fingerprint density at radius 1 is 0.418 bits per heavy atom. The molecule has 0 amide bonds. The van der Waals surface area contributed by atoms with Gasteiger partial charge in [-0.25, -0.2) is 4.57 Å². The Morgan fingerprint density at radius 2 is 0.636 bits per heavy atom. The molecule has 318 valence electrons. The van der Waals surface area contributed by atoms with Crippen LogP contribution in [0.15, 0.2) is 60.7 Å². The zero-order chi connectivity index (χ0) is 40.0. The molecule has 0 saturated carbocycles. The normalized spacial score (nSPS) is 11.7. The first-order valence-corrected chi connectivity index (χ1v) is 24.9. The van der Waals surface area contributed by atoms with Crippen LogP contribution in [0, 0.1) is 0 Å². The first-order valence-electron chi connectivity index (χ1n) is 23.4. The van der Waals surface area contributed by atoms with E-state index in [0.29, 0.717) is 0 Å². The van der Waals surface area contributed by atoms with Crippen molar-refractivity contribution >= 4 is 7.82 Å². The number of benzene rings is 2. The molecule has 0 aromatic heterocycles. The van der Waals surface area contributed by atoms with Crippen LogP contribution in [0.1, 0.15) is 233 Å². The van der Waals surface area contributed by atoms with E-state index in [2.05, 4.69) is 20.8 Å². The number of hydrogen-bond acceptors (Lipinski definition) is 4. The van der Waals surface area contributed by atoms with Crippen LogP contribution in [0.5, 0.6) is 11.5 Å². The van der Waals surface area contributed by atoms with Gasteiger partial charge in [0, 0.05) is 5.54 Å². The van der Waals surface area contributed by atoms with Crippen LogP contribution < -0.4 is 14.8 Å². The van der Waals surface area contributed by atoms with Crippen molar-refractivity contribution in [1.29, 1.82) is 0 Å². The Bertz CT molecular complexity index is 1010. The SMILES string of the molecule is CCCCCCCCCCCCC(N)(CCCCCCCCCCCC)CCCCCCCCCCCC.O=P(O)(Oc1ccccc1)Oc1ccccc1. The summed E-state index contributed by atoms with van der Waals surface area (Å²) in [5, 5.41) is 0. The van der Waals surface area contributed by atoms with E-state index in [4.69, 9.17) is 14.8 Å². The average Bonchev–Trinajstić information content (AvgIpc) is 3.18. The van der Waals surface area contributed by atoms with Crippen molar-refractivity contribution in [3.63, 3.8) is 0 Å². The van der Waals surface area contributed by atoms with Gasteiger partial charge in [-0.3, -0.25) is 4.89 Å². The van der Waals surface area contributed by atoms with Gasteiger partial charge < -0.3 is 14.8 Å². The van der Waals surface area contributed by atoms with Gasteiger partial charge in [0.05, 0.1) is 0 Å². The summed E-state index contributed by atoms with van der Waals surface area (Å²) in [7, 11) is -4.14. The summed E-state index contributed by atoms with van der Waals surface area (Å²) >= 11 is 0. The predicted molar refractivity (Wildman–Crippen MR) is 240 cm³/mol. The van der Waals surface area contributed by atoms with Crippen LogP contribution in [0.2, 0.25) is 0 Å². The molecule has 0 atom stereocenters. The number of phosphoric ester groups is 1. The molecule has 0 bridgehead atoms. The van der Waals surface area contributed by atoms with Crippen LogP contribution in [-0.4, -0.2) is 10.4 Å². The lowest BCUT2D eigenvalue weighted by atomic mass is 9.82. The molecule has 6 heteroatoms. The van der Waals surface area contributed by atoms with Gasteiger partial charge in [-0.2, -0.15) is 0 Å². The Morgan fingerprint density at radius 3 is 0.873 bits per heavy atom. The number of para-hydroxylation sites is 2. The molecule has 2 rings (SSSR count). The van der Waals surface area contributed by atoms with Crippen molar-refractivity contribution in [2.45, 2.75) is 238 Å². The fraction of sp³-hybridized carbons (Fsp3) is 0.755. The minimum absolute atomic E-state index is 0.125. The van der Waals surface area contributed by atoms with E-state index in [9.17, 15) is 9.46 Å². The zero-order valence-corrected chi connectivity index (χ0v) is 37.2. The minimum Gasteiger partial charge on any atom is -0.395 e. The molecule has 0 aliphatic heterocycles. The highest BCUT2D eigenvalue weighted by atomic mass is 31.2. The largest absolute Gasteiger partial charge is 0.584 e. The van der Waals surface area contributed by atoms with Crippen LogP contribution in [0.4, 0.5) is 0 Å². The molecule has 2 aromatic rings. The standard InChI is InChI=1S/C37H77N.C12H11O4P/c1-4-7-10-13-16-19-22-25-28-31-34-37(38,35-32-29-26-23-20-17-14-11-8-5-2)36-33-30-27-24-21-18-15-12-9-6-3;13-17(14,15-11-7-3-1-4-8-11)16-12-9-5-2-6-10-12/h4-36,38H2,1-3H3;1-10H,(H,13,14). The number of phosphoric acid groups is 1. The maximum Gasteiger partial charge on any atom is 0.584 e. The van der Waals surface area contributed by atoms with Gasteiger partial charge in [-0.15, -0.1) is 0 Å². The maximum absolute atomic E-state index is 11.7. The molecule has 0 aliphatic carbocycles. The van der Waals surface area contributed by atoms with Gasteiger partial charge >= 0.3 is 7.82 Å². The van der Waals surface area contributed by atoms with Gasteiger partial charge in [0.2, 0.25) is 0 Å². The first-order chi connectivity index (χ1) is 26.8. The molecular formula is C49H88NO4P. The second kappa shape index (κ2) is 36.5. The van der Waals surface area contributed by atoms with Gasteiger partial charge in [0.1, 0.15) is 11.5 Å². The Kier molecular flexibility index (Phi) is 34.0. The molecule has 55 heavy (non-hydrogen) atoms. The second-order valence-corrected chi connectivity index (χ2v) is 17.7. The van der Waals surface area contributed by atoms with E-state index in [1.165, 1.54) is 212 Å². The number of rotatable bonds is 37. The summed E-state index contributed by atoms with van der Waals surface area (Å²) < 4.78 is 21.5. The van der Waals surface area contributed by atoms with Crippen molar-refractivity contribution in [3.05, 3.63) is 60.7 Å². The van der Waals surface area contributed by atoms with Crippen LogP contribution in [-0.2, 0) is 4.57 Å². The third-order valence-corrected chi connectivity index (χ3v) is 11.9. The van der Waals surface area contributed by atoms with E-state index in [1.807, 2.05) is 0 Å². The van der Waals surface area contributed by atoms with E-state index < -0.39 is 7.82 Å². The third-order valence-electron chi connectivity index (χ3n) is 11.0. The fourth-order valence-corrected chi connectivity index (χ4v) is 8.33. The second-order valence-electron chi connectivity index (χ2n) is 16.4. The molecule has 0 radical (unpaired) electrons. The van der Waals surface area contributed by atoms with Gasteiger partial charge in [-0.05, 0) is 43.5 Å². The first kappa shape index (κ1) is 51.2. The number of hydrogen-bond donors (Lipinski definition) is 2. The van der Waals surface area contributed by atoms with E-state index >= 15 is 0 Å². The predicted octanol–water partition coefficient (Wildman–Crippen LogP) is 16.9. The molecule has 0 heterocycles. The summed E-state index contributed by atoms with van der Waals surface area (Å²) in [5.41, 5.74) is 7.25. The summed E-state index contributed by atoms with van der Waals surface area (Å²) in [6, 6.07) is 16.7. The lowest BCUT2D eigenvalue weighted by Crippen LogP contribution is -2.39. The van der Waals surface area contributed by atoms with Gasteiger partial charge in [-0.1, -0.05) is 250 Å². The van der Waals surface area contributed by atoms with Crippen LogP contribution >= 0.6 is 7.82 Å². The smallest absolute Gasteiger partial charge is 0.395 e. The van der Waals surface area contributed by atoms with Crippen molar-refractivity contribution in [3.8, 4) is 11.5 Å². The Labute approximate surface area is 341 Å². The highest BCUT2D eigenvalue weighted by molar-refractivity contribution is 7.48. The lowest BCUT2D eigenvalue weighted by Gasteiger charge is -2.30. The molecule has 0 saturated heterocycles. The van der Waals surface area contributed by atoms with E-state index in [1.54, 1.807) is 60.7 Å². The lowest BCUT2D eigenvalue weighted by molar-refractivity contribution is 0.291. The molecule has 5 nitrogen and oxygen atoms in total. The molecular weight excluding hydrogens is 698 g/mol. The molecule has 0 fully saturated rings. The van der Waals surface area contributed by atoms with Gasteiger partial charge in [0.15, 0.2) is 0 Å². The molecule has 0 spiro atoms. The topological polar surface area (TPSA) is 81.8 Å². The quantitative estimate of drug-likeness (QED) is 0.0527. The van der Waals surface area contributed by atoms with Crippen LogP contribution in [0.3, 0.4) is 0 Å². The summed E-state index contributed by atoms with van der Waals surface area (Å²) in [4.78, 5) is 9.53. The summed E-state index contributed by atoms with van der Waals surface area (Å²) in [6.07, 6.45) is 46.6. The Balaban J connectivity index is 0.000000729. The van der Waals surface area contributed by atoms with Crippen molar-refractivity contribution in [1.82, 2.24) is 0 Å². The van der Waals surface area contributed by atoms with Crippen molar-refractivity contribution in [2.24, 2.45) is 5.73 Å². The van der Waals surface area contributed by atoms with Crippen molar-refractivity contribution < 1.29 is 18.5 Å². The summed E-state index contributed by atoms with van der Waals surface area (Å²) in [6.45, 7) is 6.93.